The number of unbranched alkanes of at least 4 members (excludes halogenated alkanes) is 1. The zero-order valence-electron chi connectivity index (χ0n) is 9.45. The summed E-state index contributed by atoms with van der Waals surface area (Å²) in [4.78, 5) is 0. The van der Waals surface area contributed by atoms with Crippen LogP contribution < -0.4 is 11.5 Å². The third-order valence-corrected chi connectivity index (χ3v) is 2.52. The van der Waals surface area contributed by atoms with Crippen LogP contribution in [-0.2, 0) is 0 Å². The first-order valence-corrected chi connectivity index (χ1v) is 5.17. The van der Waals surface area contributed by atoms with Crippen molar-refractivity contribution in [2.24, 2.45) is 11.5 Å². The Hall–Kier alpha value is -0.510. The molecule has 15 heavy (non-hydrogen) atoms. The summed E-state index contributed by atoms with van der Waals surface area (Å²) in [5.74, 6) is 1.87. The number of halogens is 1. The molecule has 88 valence electrons. The Morgan fingerprint density at radius 3 is 2.47 bits per heavy atom. The number of hydrogen-bond donors (Lipinski definition) is 2. The monoisotopic (exact) mass is 232 g/mol. The Kier molecular flexibility index (Phi) is 6.65. The Bertz CT molecular complexity index is 267. The molecule has 0 saturated carbocycles. The molecule has 3 nitrogen and oxygen atoms in total. The van der Waals surface area contributed by atoms with E-state index < -0.39 is 0 Å². The first-order valence-electron chi connectivity index (χ1n) is 5.17. The molecule has 0 aliphatic carbocycles. The summed E-state index contributed by atoms with van der Waals surface area (Å²) in [7, 11) is 0. The number of furan rings is 1. The standard InChI is InChI=1S/C11H20N2O.ClH/c1-8-7-11(14-9(8)2)10(13)5-3-4-6-12;/h7,10H,3-6,12-13H2,1-2H3;1H/t10-;/m1./s1. The molecule has 1 atom stereocenters. The van der Waals surface area contributed by atoms with Gasteiger partial charge in [0.05, 0.1) is 6.04 Å². The predicted molar refractivity (Wildman–Crippen MR) is 65.3 cm³/mol. The zero-order valence-corrected chi connectivity index (χ0v) is 10.3. The largest absolute Gasteiger partial charge is 0.464 e. The second-order valence-electron chi connectivity index (χ2n) is 3.78. The van der Waals surface area contributed by atoms with Crippen LogP contribution in [0, 0.1) is 13.8 Å². The van der Waals surface area contributed by atoms with E-state index >= 15 is 0 Å². The molecule has 1 rings (SSSR count). The zero-order chi connectivity index (χ0) is 10.6. The third-order valence-electron chi connectivity index (χ3n) is 2.52. The van der Waals surface area contributed by atoms with Gasteiger partial charge in [0.15, 0.2) is 0 Å². The van der Waals surface area contributed by atoms with Crippen molar-refractivity contribution in [2.45, 2.75) is 39.2 Å². The third kappa shape index (κ3) is 4.24. The molecule has 0 aliphatic heterocycles. The Morgan fingerprint density at radius 2 is 2.00 bits per heavy atom. The molecule has 0 aliphatic rings. The van der Waals surface area contributed by atoms with E-state index in [-0.39, 0.29) is 18.4 Å². The second-order valence-corrected chi connectivity index (χ2v) is 3.78. The van der Waals surface area contributed by atoms with Gasteiger partial charge in [0.25, 0.3) is 0 Å². The molecule has 0 aromatic carbocycles. The molecule has 0 saturated heterocycles. The first-order chi connectivity index (χ1) is 6.65. The van der Waals surface area contributed by atoms with Gasteiger partial charge in [0.2, 0.25) is 0 Å². The smallest absolute Gasteiger partial charge is 0.121 e. The number of nitrogens with two attached hydrogens (primary N) is 2. The molecule has 4 N–H and O–H groups in total. The minimum Gasteiger partial charge on any atom is -0.464 e. The van der Waals surface area contributed by atoms with Crippen molar-refractivity contribution in [3.05, 3.63) is 23.2 Å². The van der Waals surface area contributed by atoms with Gasteiger partial charge in [-0.2, -0.15) is 0 Å². The van der Waals surface area contributed by atoms with Crippen molar-refractivity contribution in [2.75, 3.05) is 6.54 Å². The quantitative estimate of drug-likeness (QED) is 0.767. The molecule has 1 aromatic heterocycles. The van der Waals surface area contributed by atoms with E-state index in [2.05, 4.69) is 0 Å². The summed E-state index contributed by atoms with van der Waals surface area (Å²) >= 11 is 0. The molecule has 1 heterocycles. The van der Waals surface area contributed by atoms with E-state index in [9.17, 15) is 0 Å². The van der Waals surface area contributed by atoms with Gasteiger partial charge in [-0.15, -0.1) is 12.4 Å². The summed E-state index contributed by atoms with van der Waals surface area (Å²) < 4.78 is 5.55. The fraction of sp³-hybridized carbons (Fsp3) is 0.636. The molecule has 0 spiro atoms. The van der Waals surface area contributed by atoms with Crippen molar-refractivity contribution in [3.63, 3.8) is 0 Å². The Labute approximate surface area is 97.6 Å². The van der Waals surface area contributed by atoms with Crippen molar-refractivity contribution in [3.8, 4) is 0 Å². The summed E-state index contributed by atoms with van der Waals surface area (Å²) in [6.07, 6.45) is 3.05. The molecule has 1 aromatic rings. The summed E-state index contributed by atoms with van der Waals surface area (Å²) in [5.41, 5.74) is 12.6. The van der Waals surface area contributed by atoms with E-state index in [0.717, 1.165) is 37.3 Å². The highest BCUT2D eigenvalue weighted by Gasteiger charge is 2.11. The highest BCUT2D eigenvalue weighted by molar-refractivity contribution is 5.85. The molecule has 0 radical (unpaired) electrons. The maximum absolute atomic E-state index is 5.98. The van der Waals surface area contributed by atoms with Gasteiger partial charge in [-0.1, -0.05) is 6.42 Å². The minimum atomic E-state index is 0. The number of hydrogen-bond acceptors (Lipinski definition) is 3. The second kappa shape index (κ2) is 6.88. The lowest BCUT2D eigenvalue weighted by atomic mass is 10.1. The van der Waals surface area contributed by atoms with Crippen molar-refractivity contribution in [1.82, 2.24) is 0 Å². The highest BCUT2D eigenvalue weighted by Crippen LogP contribution is 2.21. The fourth-order valence-corrected chi connectivity index (χ4v) is 1.44. The summed E-state index contributed by atoms with van der Waals surface area (Å²) in [6, 6.07) is 2.05. The van der Waals surface area contributed by atoms with Crippen LogP contribution in [0.15, 0.2) is 10.5 Å². The van der Waals surface area contributed by atoms with E-state index in [1.54, 1.807) is 0 Å². The van der Waals surface area contributed by atoms with Gasteiger partial charge >= 0.3 is 0 Å². The van der Waals surface area contributed by atoms with E-state index in [0.29, 0.717) is 0 Å². The van der Waals surface area contributed by atoms with E-state index in [1.165, 1.54) is 5.56 Å². The first kappa shape index (κ1) is 14.5. The molecule has 0 fully saturated rings. The van der Waals surface area contributed by atoms with Crippen molar-refractivity contribution >= 4 is 12.4 Å². The fourth-order valence-electron chi connectivity index (χ4n) is 1.44. The van der Waals surface area contributed by atoms with Crippen LogP contribution in [0.2, 0.25) is 0 Å². The van der Waals surface area contributed by atoms with Crippen molar-refractivity contribution < 1.29 is 4.42 Å². The van der Waals surface area contributed by atoms with Gasteiger partial charge in [-0.25, -0.2) is 0 Å². The van der Waals surface area contributed by atoms with Crippen LogP contribution in [0.5, 0.6) is 0 Å². The van der Waals surface area contributed by atoms with E-state index in [1.807, 2.05) is 19.9 Å². The minimum absolute atomic E-state index is 0. The van der Waals surface area contributed by atoms with Crippen LogP contribution in [-0.4, -0.2) is 6.54 Å². The van der Waals surface area contributed by atoms with Crippen LogP contribution in [0.25, 0.3) is 0 Å². The van der Waals surface area contributed by atoms with Gasteiger partial charge in [0.1, 0.15) is 11.5 Å². The lowest BCUT2D eigenvalue weighted by molar-refractivity contribution is 0.426. The highest BCUT2D eigenvalue weighted by atomic mass is 35.5. The Morgan fingerprint density at radius 1 is 1.33 bits per heavy atom. The number of rotatable bonds is 5. The van der Waals surface area contributed by atoms with Crippen LogP contribution in [0.1, 0.15) is 42.4 Å². The maximum Gasteiger partial charge on any atom is 0.121 e. The average molecular weight is 233 g/mol. The molecule has 4 heteroatoms. The van der Waals surface area contributed by atoms with Crippen molar-refractivity contribution in [1.29, 1.82) is 0 Å². The lowest BCUT2D eigenvalue weighted by Gasteiger charge is -2.07. The van der Waals surface area contributed by atoms with Gasteiger partial charge < -0.3 is 15.9 Å². The Balaban J connectivity index is 0.00000196. The maximum atomic E-state index is 5.98. The van der Waals surface area contributed by atoms with E-state index in [4.69, 9.17) is 15.9 Å². The van der Waals surface area contributed by atoms with Gasteiger partial charge in [-0.3, -0.25) is 0 Å². The summed E-state index contributed by atoms with van der Waals surface area (Å²) in [6.45, 7) is 4.74. The topological polar surface area (TPSA) is 65.2 Å². The molecule has 0 unspecified atom stereocenters. The van der Waals surface area contributed by atoms with Crippen LogP contribution in [0.4, 0.5) is 0 Å². The van der Waals surface area contributed by atoms with Crippen LogP contribution in [0.3, 0.4) is 0 Å². The SMILES string of the molecule is Cc1cc([C@H](N)CCCCN)oc1C.Cl. The van der Waals surface area contributed by atoms with Gasteiger partial charge in [-0.05, 0) is 44.9 Å². The lowest BCUT2D eigenvalue weighted by Crippen LogP contribution is -2.10. The van der Waals surface area contributed by atoms with Gasteiger partial charge in [0, 0.05) is 0 Å². The molecule has 0 amide bonds. The normalized spacial score (nSPS) is 12.3. The average Bonchev–Trinajstić information content (AvgIpc) is 2.47. The summed E-state index contributed by atoms with van der Waals surface area (Å²) in [5, 5.41) is 0. The molecule has 0 bridgehead atoms. The molecular weight excluding hydrogens is 212 g/mol. The predicted octanol–water partition coefficient (Wildman–Crippen LogP) is 2.45. The molecular formula is C11H21ClN2O. The van der Waals surface area contributed by atoms with Crippen LogP contribution >= 0.6 is 12.4 Å². The number of aryl methyl sites for hydroxylation is 2.